The number of aromatic nitrogens is 3. The summed E-state index contributed by atoms with van der Waals surface area (Å²) in [6.07, 6.45) is 6.06. The van der Waals surface area contributed by atoms with E-state index in [4.69, 9.17) is 24.9 Å². The number of esters is 1. The third kappa shape index (κ3) is 5.60. The summed E-state index contributed by atoms with van der Waals surface area (Å²) in [4.78, 5) is 26.4. The summed E-state index contributed by atoms with van der Waals surface area (Å²) in [6.45, 7) is 7.51. The van der Waals surface area contributed by atoms with Crippen LogP contribution in [0.5, 0.6) is 5.88 Å². The number of rotatable bonds is 10. The van der Waals surface area contributed by atoms with Gasteiger partial charge in [0.25, 0.3) is 0 Å². The molecule has 1 saturated carbocycles. The fourth-order valence-corrected chi connectivity index (χ4v) is 6.12. The Morgan fingerprint density at radius 3 is 2.59 bits per heavy atom. The average Bonchev–Trinajstić information content (AvgIpc) is 3.69. The number of methoxy groups -OCH3 is 1. The largest absolute Gasteiger partial charge is 0.474 e. The monoisotopic (exact) mass is 583 g/mol. The van der Waals surface area contributed by atoms with E-state index in [9.17, 15) is 13.2 Å². The molecule has 5 rings (SSSR count). The number of carbonyl (C=O) groups is 1. The third-order valence-electron chi connectivity index (χ3n) is 8.20. The summed E-state index contributed by atoms with van der Waals surface area (Å²) in [6, 6.07) is 5.34. The smallest absolute Gasteiger partial charge is 0.340 e. The van der Waals surface area contributed by atoms with Gasteiger partial charge >= 0.3 is 5.97 Å². The van der Waals surface area contributed by atoms with Gasteiger partial charge in [0, 0.05) is 37.7 Å². The standard InChI is InChI=1S/C29H37N5O6S/c1-16(11-17(2)41(6,36)37)39-26-21-13-31-24(12-20(21)22(14-32-26)28(4,30)15-38-5)33-23-8-7-19-25(34-23)29(9-10-29)18(3)40-27(19)35/h7-8,12-14,16-18H,9-11,15,30H2,1-6H3,(H,31,33,34)/t16-,17-,18-,28-/m1/s1. The minimum absolute atomic E-state index is 0.219. The fourth-order valence-electron chi connectivity index (χ4n) is 5.50. The predicted octanol–water partition coefficient (Wildman–Crippen LogP) is 3.77. The summed E-state index contributed by atoms with van der Waals surface area (Å²) in [5.41, 5.74) is 7.56. The first-order valence-electron chi connectivity index (χ1n) is 13.7. The molecule has 2 aliphatic rings. The van der Waals surface area contributed by atoms with E-state index in [0.29, 0.717) is 34.9 Å². The highest BCUT2D eigenvalue weighted by molar-refractivity contribution is 7.91. The van der Waals surface area contributed by atoms with Gasteiger partial charge in [0.2, 0.25) is 5.88 Å². The first-order chi connectivity index (χ1) is 19.2. The summed E-state index contributed by atoms with van der Waals surface area (Å²) < 4.78 is 41.0. The van der Waals surface area contributed by atoms with Gasteiger partial charge in [-0.3, -0.25) is 0 Å². The Hall–Kier alpha value is -3.35. The maximum Gasteiger partial charge on any atom is 0.340 e. The van der Waals surface area contributed by atoms with Crippen LogP contribution in [-0.4, -0.2) is 66.8 Å². The van der Waals surface area contributed by atoms with Crippen LogP contribution in [0.4, 0.5) is 11.6 Å². The van der Waals surface area contributed by atoms with E-state index >= 15 is 0 Å². The topological polar surface area (TPSA) is 156 Å². The van der Waals surface area contributed by atoms with Crippen LogP contribution in [0.3, 0.4) is 0 Å². The van der Waals surface area contributed by atoms with Crippen molar-refractivity contribution >= 4 is 38.2 Å². The molecule has 3 aromatic rings. The van der Waals surface area contributed by atoms with E-state index in [1.54, 1.807) is 38.6 Å². The number of fused-ring (bicyclic) bond motifs is 3. The number of nitrogens with zero attached hydrogens (tertiary/aromatic N) is 3. The Labute approximate surface area is 240 Å². The second kappa shape index (κ2) is 10.5. The molecule has 0 aromatic carbocycles. The van der Waals surface area contributed by atoms with Crippen molar-refractivity contribution in [1.82, 2.24) is 15.0 Å². The maximum absolute atomic E-state index is 12.5. The molecule has 4 atom stereocenters. The van der Waals surface area contributed by atoms with Crippen molar-refractivity contribution in [2.45, 2.75) is 75.4 Å². The normalized spacial score (nSPS) is 20.6. The van der Waals surface area contributed by atoms with E-state index < -0.39 is 26.7 Å². The number of hydrogen-bond donors (Lipinski definition) is 2. The Balaban J connectivity index is 1.50. The Bertz CT molecular complexity index is 1600. The molecule has 1 aliphatic heterocycles. The maximum atomic E-state index is 12.5. The summed E-state index contributed by atoms with van der Waals surface area (Å²) in [7, 11) is -1.61. The minimum Gasteiger partial charge on any atom is -0.474 e. The van der Waals surface area contributed by atoms with Crippen LogP contribution < -0.4 is 15.8 Å². The Morgan fingerprint density at radius 2 is 1.93 bits per heavy atom. The quantitative estimate of drug-likeness (QED) is 0.335. The number of nitrogens with one attached hydrogen (secondary N) is 1. The first-order valence-corrected chi connectivity index (χ1v) is 15.6. The van der Waals surface area contributed by atoms with Crippen LogP contribution in [0, 0.1) is 0 Å². The number of sulfone groups is 1. The van der Waals surface area contributed by atoms with Crippen molar-refractivity contribution in [3.63, 3.8) is 0 Å². The predicted molar refractivity (Wildman–Crippen MR) is 155 cm³/mol. The van der Waals surface area contributed by atoms with E-state index in [1.165, 1.54) is 6.26 Å². The van der Waals surface area contributed by atoms with Gasteiger partial charge in [-0.1, -0.05) is 0 Å². The molecule has 4 heterocycles. The van der Waals surface area contributed by atoms with Crippen molar-refractivity contribution in [1.29, 1.82) is 0 Å². The number of carbonyl (C=O) groups excluding carboxylic acids is 1. The minimum atomic E-state index is -3.20. The average molecular weight is 584 g/mol. The van der Waals surface area contributed by atoms with Crippen LogP contribution in [-0.2, 0) is 30.3 Å². The molecule has 0 unspecified atom stereocenters. The highest BCUT2D eigenvalue weighted by Crippen LogP contribution is 2.54. The molecule has 12 heteroatoms. The molecule has 220 valence electrons. The van der Waals surface area contributed by atoms with E-state index in [2.05, 4.69) is 15.3 Å². The van der Waals surface area contributed by atoms with Gasteiger partial charge in [0.15, 0.2) is 0 Å². The van der Waals surface area contributed by atoms with Crippen LogP contribution in [0.25, 0.3) is 10.8 Å². The van der Waals surface area contributed by atoms with E-state index in [-0.39, 0.29) is 24.1 Å². The van der Waals surface area contributed by atoms with Crippen molar-refractivity contribution in [3.05, 3.63) is 47.4 Å². The van der Waals surface area contributed by atoms with Gasteiger partial charge in [0.1, 0.15) is 27.6 Å². The molecule has 0 bridgehead atoms. The summed E-state index contributed by atoms with van der Waals surface area (Å²) in [5, 5.41) is 4.11. The molecule has 1 fully saturated rings. The van der Waals surface area contributed by atoms with Gasteiger partial charge in [-0.05, 0) is 64.1 Å². The van der Waals surface area contributed by atoms with Gasteiger partial charge in [-0.2, -0.15) is 0 Å². The number of nitrogens with two attached hydrogens (primary N) is 1. The molecule has 0 radical (unpaired) electrons. The third-order valence-corrected chi connectivity index (χ3v) is 9.85. The molecular weight excluding hydrogens is 546 g/mol. The van der Waals surface area contributed by atoms with Crippen LogP contribution in [0.2, 0.25) is 0 Å². The lowest BCUT2D eigenvalue weighted by Gasteiger charge is -2.30. The van der Waals surface area contributed by atoms with Gasteiger partial charge in [-0.15, -0.1) is 0 Å². The van der Waals surface area contributed by atoms with Gasteiger partial charge < -0.3 is 25.3 Å². The summed E-state index contributed by atoms with van der Waals surface area (Å²) in [5.74, 6) is 1.07. The molecule has 3 aromatic heterocycles. The number of pyridine rings is 3. The fraction of sp³-hybridized carbons (Fsp3) is 0.517. The van der Waals surface area contributed by atoms with Crippen molar-refractivity contribution < 1.29 is 27.4 Å². The van der Waals surface area contributed by atoms with E-state index in [0.717, 1.165) is 29.5 Å². The zero-order chi connectivity index (χ0) is 29.7. The molecule has 41 heavy (non-hydrogen) atoms. The lowest BCUT2D eigenvalue weighted by Crippen LogP contribution is -2.38. The van der Waals surface area contributed by atoms with Gasteiger partial charge in [0.05, 0.1) is 45.6 Å². The first kappa shape index (κ1) is 29.2. The molecule has 0 saturated heterocycles. The molecule has 0 amide bonds. The number of cyclic esters (lactones) is 1. The van der Waals surface area contributed by atoms with E-state index in [1.807, 2.05) is 26.8 Å². The lowest BCUT2D eigenvalue weighted by atomic mass is 9.89. The molecule has 1 spiro atoms. The SMILES string of the molecule is COC[C@@](C)(N)c1cnc(O[C@H](C)C[C@@H](C)S(C)(=O)=O)c2cnc(Nc3ccc4c(n3)C3(CC3)[C@@H](C)OC4=O)cc12. The van der Waals surface area contributed by atoms with Crippen LogP contribution in [0.1, 0.15) is 68.6 Å². The lowest BCUT2D eigenvalue weighted by molar-refractivity contribution is 0.0183. The van der Waals surface area contributed by atoms with Gasteiger partial charge in [-0.25, -0.2) is 28.2 Å². The zero-order valence-corrected chi connectivity index (χ0v) is 25.0. The van der Waals surface area contributed by atoms with Crippen molar-refractivity contribution in [3.8, 4) is 5.88 Å². The van der Waals surface area contributed by atoms with Crippen molar-refractivity contribution in [2.24, 2.45) is 5.73 Å². The number of anilines is 2. The highest BCUT2D eigenvalue weighted by atomic mass is 32.2. The number of hydrogen-bond acceptors (Lipinski definition) is 11. The molecule has 1 aliphatic carbocycles. The molecule has 3 N–H and O–H groups in total. The Morgan fingerprint density at radius 1 is 1.20 bits per heavy atom. The second-order valence-corrected chi connectivity index (χ2v) is 14.1. The second-order valence-electron chi connectivity index (χ2n) is 11.7. The van der Waals surface area contributed by atoms with Crippen LogP contribution in [0.15, 0.2) is 30.6 Å². The molecule has 11 nitrogen and oxygen atoms in total. The molecular formula is C29H37N5O6S. The van der Waals surface area contributed by atoms with Crippen molar-refractivity contribution in [2.75, 3.05) is 25.3 Å². The highest BCUT2D eigenvalue weighted by Gasteiger charge is 2.56. The number of ether oxygens (including phenoxy) is 3. The Kier molecular flexibility index (Phi) is 7.46. The van der Waals surface area contributed by atoms with Crippen LogP contribution >= 0.6 is 0 Å². The zero-order valence-electron chi connectivity index (χ0n) is 24.2. The summed E-state index contributed by atoms with van der Waals surface area (Å²) >= 11 is 0.